The number of alkyl halides is 1. The summed E-state index contributed by atoms with van der Waals surface area (Å²) >= 11 is 1.26. The lowest BCUT2D eigenvalue weighted by Crippen LogP contribution is -2.37. The summed E-state index contributed by atoms with van der Waals surface area (Å²) < 4.78 is 41.4. The average molecular weight is 317 g/mol. The van der Waals surface area contributed by atoms with Gasteiger partial charge in [-0.2, -0.15) is 0 Å². The number of thioether (sulfide) groups is 1. The molecule has 1 aliphatic heterocycles. The van der Waals surface area contributed by atoms with Gasteiger partial charge < -0.3 is 5.73 Å². The van der Waals surface area contributed by atoms with Crippen molar-refractivity contribution in [3.63, 3.8) is 0 Å². The predicted molar refractivity (Wildman–Crippen MR) is 71.8 cm³/mol. The number of hydrogen-bond donors (Lipinski definition) is 1. The molecule has 3 atom stereocenters. The number of nitrogens with two attached hydrogens (primary N) is 1. The Balaban J connectivity index is 2.22. The highest BCUT2D eigenvalue weighted by Crippen LogP contribution is 2.58. The van der Waals surface area contributed by atoms with Crippen LogP contribution in [0.5, 0.6) is 0 Å². The number of nitro benzene ring substituents is 1. The molecular weight excluding hydrogens is 307 g/mol. The molecule has 1 aromatic carbocycles. The lowest BCUT2D eigenvalue weighted by atomic mass is 9.85. The molecule has 2 aliphatic rings. The molecule has 21 heavy (non-hydrogen) atoms. The van der Waals surface area contributed by atoms with Crippen LogP contribution in [0.1, 0.15) is 12.0 Å². The van der Waals surface area contributed by atoms with E-state index in [4.69, 9.17) is 5.73 Å². The number of rotatable bonds is 3. The van der Waals surface area contributed by atoms with Crippen molar-refractivity contribution >= 4 is 22.6 Å². The van der Waals surface area contributed by atoms with Crippen LogP contribution in [0.3, 0.4) is 0 Å². The minimum atomic E-state index is -1.67. The Morgan fingerprint density at radius 2 is 2.24 bits per heavy atom. The van der Waals surface area contributed by atoms with Gasteiger partial charge in [0.2, 0.25) is 0 Å². The van der Waals surface area contributed by atoms with Crippen molar-refractivity contribution in [3.8, 4) is 0 Å². The van der Waals surface area contributed by atoms with Crippen molar-refractivity contribution in [2.75, 3.05) is 6.67 Å². The first-order chi connectivity index (χ1) is 9.89. The molecule has 0 bridgehead atoms. The van der Waals surface area contributed by atoms with E-state index in [9.17, 15) is 23.3 Å². The van der Waals surface area contributed by atoms with Crippen molar-refractivity contribution in [1.82, 2.24) is 0 Å². The summed E-state index contributed by atoms with van der Waals surface area (Å²) in [7, 11) is 0. The van der Waals surface area contributed by atoms with Crippen LogP contribution in [0.2, 0.25) is 0 Å². The number of nitro groups is 1. The molecule has 3 rings (SSSR count). The van der Waals surface area contributed by atoms with Gasteiger partial charge in [-0.25, -0.2) is 18.2 Å². The number of hydrogen-bond acceptors (Lipinski definition) is 5. The Hall–Kier alpha value is -1.77. The first kappa shape index (κ1) is 14.2. The summed E-state index contributed by atoms with van der Waals surface area (Å²) in [6, 6.07) is 1.32. The zero-order valence-corrected chi connectivity index (χ0v) is 11.4. The van der Waals surface area contributed by atoms with Gasteiger partial charge in [0.1, 0.15) is 12.2 Å². The fraction of sp³-hybridized carbons (Fsp3) is 0.417. The van der Waals surface area contributed by atoms with Crippen molar-refractivity contribution in [1.29, 1.82) is 0 Å². The standard InChI is InChI=1S/C12H10F3N3O2S/c13-4-12(6-3-9(6)21-11(16)17-12)7-1-5(18(19)20)2-8(14)10(7)15/h1-2,6,9H,3-4H2,(H2,16,17)/t6-,9+,12+/m1/s1. The number of benzene rings is 1. The highest BCUT2D eigenvalue weighted by atomic mass is 32.2. The Bertz CT molecular complexity index is 669. The molecule has 1 saturated carbocycles. The van der Waals surface area contributed by atoms with Crippen LogP contribution < -0.4 is 5.73 Å². The SMILES string of the molecule is NC1=N[C@](CF)(c2cc([N+](=O)[O-])cc(F)c2F)[C@@H]2C[C@@H]2S1. The third-order valence-electron chi connectivity index (χ3n) is 3.82. The van der Waals surface area contributed by atoms with Gasteiger partial charge in [0.15, 0.2) is 16.8 Å². The number of amidine groups is 1. The van der Waals surface area contributed by atoms with Gasteiger partial charge in [-0.15, -0.1) is 0 Å². The number of fused-ring (bicyclic) bond motifs is 1. The third-order valence-corrected chi connectivity index (χ3v) is 4.98. The monoisotopic (exact) mass is 317 g/mol. The van der Waals surface area contributed by atoms with Crippen LogP contribution >= 0.6 is 11.8 Å². The number of non-ortho nitro benzene ring substituents is 1. The molecule has 2 N–H and O–H groups in total. The molecule has 0 saturated heterocycles. The van der Waals surface area contributed by atoms with Gasteiger partial charge in [0.05, 0.1) is 11.0 Å². The van der Waals surface area contributed by atoms with Gasteiger partial charge in [-0.05, 0) is 6.42 Å². The van der Waals surface area contributed by atoms with Crippen LogP contribution in [0, 0.1) is 27.7 Å². The van der Waals surface area contributed by atoms with Crippen molar-refractivity contribution in [2.24, 2.45) is 16.6 Å². The van der Waals surface area contributed by atoms with Crippen LogP contribution in [-0.4, -0.2) is 22.0 Å². The summed E-state index contributed by atoms with van der Waals surface area (Å²) in [4.78, 5) is 13.9. The van der Waals surface area contributed by atoms with E-state index in [1.807, 2.05) is 0 Å². The molecule has 1 fully saturated rings. The van der Waals surface area contributed by atoms with E-state index in [0.29, 0.717) is 12.5 Å². The van der Waals surface area contributed by atoms with Gasteiger partial charge in [-0.3, -0.25) is 10.1 Å². The summed E-state index contributed by atoms with van der Waals surface area (Å²) in [5, 5.41) is 10.9. The number of halogens is 3. The second-order valence-corrected chi connectivity index (χ2v) is 6.31. The van der Waals surface area contributed by atoms with Crippen LogP contribution in [0.4, 0.5) is 18.9 Å². The first-order valence-corrected chi connectivity index (χ1v) is 6.99. The fourth-order valence-electron chi connectivity index (χ4n) is 2.72. The average Bonchev–Trinajstić information content (AvgIpc) is 3.19. The molecule has 1 aliphatic carbocycles. The van der Waals surface area contributed by atoms with Gasteiger partial charge >= 0.3 is 0 Å². The van der Waals surface area contributed by atoms with Crippen molar-refractivity contribution in [3.05, 3.63) is 39.4 Å². The molecule has 5 nitrogen and oxygen atoms in total. The number of nitrogens with zero attached hydrogens (tertiary/aromatic N) is 2. The minimum Gasteiger partial charge on any atom is -0.379 e. The first-order valence-electron chi connectivity index (χ1n) is 6.11. The summed E-state index contributed by atoms with van der Waals surface area (Å²) in [6.45, 7) is -1.09. The Labute approximate surface area is 121 Å². The largest absolute Gasteiger partial charge is 0.379 e. The maximum Gasteiger partial charge on any atom is 0.272 e. The van der Waals surface area contributed by atoms with Gasteiger partial charge in [-0.1, -0.05) is 11.8 Å². The second-order valence-electron chi connectivity index (χ2n) is 5.05. The highest BCUT2D eigenvalue weighted by molar-refractivity contribution is 8.14. The fourth-order valence-corrected chi connectivity index (χ4v) is 3.94. The molecule has 1 heterocycles. The van der Waals surface area contributed by atoms with E-state index < -0.39 is 40.0 Å². The molecular formula is C12H10F3N3O2S. The molecule has 9 heteroatoms. The Morgan fingerprint density at radius 1 is 1.52 bits per heavy atom. The summed E-state index contributed by atoms with van der Waals surface area (Å²) in [5.74, 6) is -3.04. The van der Waals surface area contributed by atoms with Crippen molar-refractivity contribution in [2.45, 2.75) is 17.2 Å². The normalized spacial score (nSPS) is 30.5. The van der Waals surface area contributed by atoms with Crippen LogP contribution in [0.15, 0.2) is 17.1 Å². The molecule has 0 spiro atoms. The topological polar surface area (TPSA) is 81.5 Å². The van der Waals surface area contributed by atoms with E-state index in [-0.39, 0.29) is 16.3 Å². The molecule has 0 aromatic heterocycles. The summed E-state index contributed by atoms with van der Waals surface area (Å²) in [5.41, 5.74) is 2.88. The van der Waals surface area contributed by atoms with Crippen LogP contribution in [-0.2, 0) is 5.54 Å². The zero-order chi connectivity index (χ0) is 15.4. The van der Waals surface area contributed by atoms with E-state index in [1.54, 1.807) is 0 Å². The molecule has 112 valence electrons. The lowest BCUT2D eigenvalue weighted by molar-refractivity contribution is -0.385. The van der Waals surface area contributed by atoms with Crippen molar-refractivity contribution < 1.29 is 18.1 Å². The van der Waals surface area contributed by atoms with Gasteiger partial charge in [0, 0.05) is 22.8 Å². The highest BCUT2D eigenvalue weighted by Gasteiger charge is 2.59. The zero-order valence-electron chi connectivity index (χ0n) is 10.6. The third kappa shape index (κ3) is 2.06. The van der Waals surface area contributed by atoms with E-state index in [1.165, 1.54) is 11.8 Å². The minimum absolute atomic E-state index is 0.0139. The Morgan fingerprint density at radius 3 is 2.86 bits per heavy atom. The number of aliphatic imine (C=N–C) groups is 1. The maximum atomic E-state index is 14.1. The molecule has 0 amide bonds. The lowest BCUT2D eigenvalue weighted by Gasteiger charge is -2.31. The maximum absolute atomic E-state index is 14.1. The smallest absolute Gasteiger partial charge is 0.272 e. The van der Waals surface area contributed by atoms with E-state index in [2.05, 4.69) is 4.99 Å². The Kier molecular flexibility index (Phi) is 3.12. The summed E-state index contributed by atoms with van der Waals surface area (Å²) in [6.07, 6.45) is 0.558. The van der Waals surface area contributed by atoms with Crippen LogP contribution in [0.25, 0.3) is 0 Å². The quantitative estimate of drug-likeness (QED) is 0.686. The second kappa shape index (κ2) is 4.62. The molecule has 0 unspecified atom stereocenters. The molecule has 0 radical (unpaired) electrons. The molecule has 1 aromatic rings. The van der Waals surface area contributed by atoms with Gasteiger partial charge in [0.25, 0.3) is 5.69 Å². The predicted octanol–water partition coefficient (Wildman–Crippen LogP) is 2.49. The van der Waals surface area contributed by atoms with E-state index in [0.717, 1.165) is 6.07 Å². The van der Waals surface area contributed by atoms with E-state index >= 15 is 0 Å².